The van der Waals surface area contributed by atoms with Gasteiger partial charge in [-0.3, -0.25) is 0 Å². The first kappa shape index (κ1) is 16.0. The first-order chi connectivity index (χ1) is 8.88. The van der Waals surface area contributed by atoms with Crippen LogP contribution in [-0.4, -0.2) is 24.4 Å². The highest BCUT2D eigenvalue weighted by Gasteiger charge is 2.30. The van der Waals surface area contributed by atoms with Crippen LogP contribution in [0.4, 0.5) is 13.2 Å². The number of hydrogen-bond donors (Lipinski definition) is 1. The second kappa shape index (κ2) is 6.91. The summed E-state index contributed by atoms with van der Waals surface area (Å²) in [6.45, 7) is 1.96. The molecular weight excluding hydrogens is 257 g/mol. The van der Waals surface area contributed by atoms with E-state index in [0.717, 1.165) is 18.6 Å². The molecule has 0 fully saturated rings. The fraction of sp³-hybridized carbons (Fsp3) is 0.571. The van der Waals surface area contributed by atoms with Crippen LogP contribution in [0.3, 0.4) is 0 Å². The lowest BCUT2D eigenvalue weighted by Crippen LogP contribution is -2.29. The van der Waals surface area contributed by atoms with Crippen LogP contribution in [-0.2, 0) is 17.3 Å². The van der Waals surface area contributed by atoms with E-state index in [1.165, 1.54) is 13.2 Å². The predicted octanol–water partition coefficient (Wildman–Crippen LogP) is 3.42. The minimum absolute atomic E-state index is 0.155. The molecule has 1 aromatic rings. The second-order valence-corrected chi connectivity index (χ2v) is 4.53. The highest BCUT2D eigenvalue weighted by atomic mass is 19.4. The lowest BCUT2D eigenvalue weighted by Gasteiger charge is -2.21. The molecule has 1 rings (SSSR count). The Morgan fingerprint density at radius 2 is 2.00 bits per heavy atom. The van der Waals surface area contributed by atoms with Crippen molar-refractivity contribution in [2.24, 2.45) is 0 Å². The van der Waals surface area contributed by atoms with Gasteiger partial charge in [0.05, 0.1) is 17.8 Å². The van der Waals surface area contributed by atoms with Gasteiger partial charge in [-0.15, -0.1) is 0 Å². The number of halogens is 3. The molecule has 5 heteroatoms. The Morgan fingerprint density at radius 3 is 2.53 bits per heavy atom. The van der Waals surface area contributed by atoms with E-state index in [9.17, 15) is 18.3 Å². The van der Waals surface area contributed by atoms with Crippen LogP contribution in [0.5, 0.6) is 0 Å². The van der Waals surface area contributed by atoms with E-state index >= 15 is 0 Å². The summed E-state index contributed by atoms with van der Waals surface area (Å²) in [5, 5.41) is 9.98. The van der Waals surface area contributed by atoms with E-state index in [1.807, 2.05) is 6.92 Å². The quantitative estimate of drug-likeness (QED) is 0.862. The fourth-order valence-corrected chi connectivity index (χ4v) is 2.00. The Bertz CT molecular complexity index is 391. The van der Waals surface area contributed by atoms with E-state index in [2.05, 4.69) is 0 Å². The van der Waals surface area contributed by atoms with Crippen molar-refractivity contribution in [1.82, 2.24) is 0 Å². The standard InChI is InChI=1S/C14H19F3O2/c1-3-5-13(19-2)12(18)9-10-6-4-7-11(8-10)14(15,16)17/h4,6-8,12-13,18H,3,5,9H2,1-2H3. The number of alkyl halides is 3. The maximum atomic E-state index is 12.6. The van der Waals surface area contributed by atoms with Gasteiger partial charge in [-0.1, -0.05) is 31.5 Å². The molecule has 0 aliphatic rings. The highest BCUT2D eigenvalue weighted by molar-refractivity contribution is 5.26. The minimum Gasteiger partial charge on any atom is -0.390 e. The minimum atomic E-state index is -4.36. The molecule has 0 saturated heterocycles. The van der Waals surface area contributed by atoms with Crippen molar-refractivity contribution < 1.29 is 23.0 Å². The summed E-state index contributed by atoms with van der Waals surface area (Å²) in [7, 11) is 1.50. The third-order valence-electron chi connectivity index (χ3n) is 3.00. The van der Waals surface area contributed by atoms with Crippen LogP contribution >= 0.6 is 0 Å². The first-order valence-electron chi connectivity index (χ1n) is 6.25. The zero-order chi connectivity index (χ0) is 14.5. The van der Waals surface area contributed by atoms with E-state index in [4.69, 9.17) is 4.74 Å². The normalized spacial score (nSPS) is 15.3. The monoisotopic (exact) mass is 276 g/mol. The fourth-order valence-electron chi connectivity index (χ4n) is 2.00. The molecule has 0 radical (unpaired) electrons. The van der Waals surface area contributed by atoms with Crippen molar-refractivity contribution in [3.05, 3.63) is 35.4 Å². The summed E-state index contributed by atoms with van der Waals surface area (Å²) in [5.41, 5.74) is -0.234. The zero-order valence-electron chi connectivity index (χ0n) is 11.1. The number of aliphatic hydroxyl groups is 1. The molecule has 0 aromatic heterocycles. The van der Waals surface area contributed by atoms with E-state index in [1.54, 1.807) is 6.07 Å². The Kier molecular flexibility index (Phi) is 5.82. The molecule has 0 aliphatic carbocycles. The molecule has 2 nitrogen and oxygen atoms in total. The third kappa shape index (κ3) is 4.84. The maximum Gasteiger partial charge on any atom is 0.416 e. The molecule has 0 saturated carbocycles. The molecule has 0 spiro atoms. The number of hydrogen-bond acceptors (Lipinski definition) is 2. The van der Waals surface area contributed by atoms with Crippen LogP contribution in [0.1, 0.15) is 30.9 Å². The molecular formula is C14H19F3O2. The number of rotatable bonds is 6. The van der Waals surface area contributed by atoms with Crippen LogP contribution in [0.2, 0.25) is 0 Å². The number of ether oxygens (including phenoxy) is 1. The van der Waals surface area contributed by atoms with E-state index in [-0.39, 0.29) is 12.5 Å². The Labute approximate surface area is 111 Å². The van der Waals surface area contributed by atoms with Crippen LogP contribution < -0.4 is 0 Å². The Balaban J connectivity index is 2.76. The summed E-state index contributed by atoms with van der Waals surface area (Å²) in [6.07, 6.45) is -3.82. The van der Waals surface area contributed by atoms with Gasteiger partial charge in [0.15, 0.2) is 0 Å². The number of benzene rings is 1. The lowest BCUT2D eigenvalue weighted by molar-refractivity contribution is -0.137. The molecule has 0 bridgehead atoms. The molecule has 0 heterocycles. The molecule has 108 valence electrons. The summed E-state index contributed by atoms with van der Waals surface area (Å²) in [6, 6.07) is 5.03. The van der Waals surface area contributed by atoms with Gasteiger partial charge in [0, 0.05) is 13.5 Å². The Morgan fingerprint density at radius 1 is 1.32 bits per heavy atom. The molecule has 2 unspecified atom stereocenters. The molecule has 1 aromatic carbocycles. The zero-order valence-corrected chi connectivity index (χ0v) is 11.1. The topological polar surface area (TPSA) is 29.5 Å². The van der Waals surface area contributed by atoms with Crippen molar-refractivity contribution >= 4 is 0 Å². The van der Waals surface area contributed by atoms with Gasteiger partial charge in [-0.25, -0.2) is 0 Å². The lowest BCUT2D eigenvalue weighted by atomic mass is 9.99. The van der Waals surface area contributed by atoms with Crippen LogP contribution in [0, 0.1) is 0 Å². The molecule has 0 amide bonds. The van der Waals surface area contributed by atoms with Crippen molar-refractivity contribution in [3.8, 4) is 0 Å². The maximum absolute atomic E-state index is 12.6. The molecule has 0 aliphatic heterocycles. The summed E-state index contributed by atoms with van der Waals surface area (Å²) >= 11 is 0. The smallest absolute Gasteiger partial charge is 0.390 e. The van der Waals surface area contributed by atoms with Crippen molar-refractivity contribution in [1.29, 1.82) is 0 Å². The van der Waals surface area contributed by atoms with Gasteiger partial charge in [0.1, 0.15) is 0 Å². The van der Waals surface area contributed by atoms with E-state index < -0.39 is 17.8 Å². The van der Waals surface area contributed by atoms with Crippen molar-refractivity contribution in [2.75, 3.05) is 7.11 Å². The van der Waals surface area contributed by atoms with E-state index in [0.29, 0.717) is 12.0 Å². The average molecular weight is 276 g/mol. The summed E-state index contributed by atoms with van der Waals surface area (Å²) < 4.78 is 42.8. The van der Waals surface area contributed by atoms with Gasteiger partial charge in [-0.2, -0.15) is 13.2 Å². The van der Waals surface area contributed by atoms with Gasteiger partial charge in [-0.05, 0) is 18.1 Å². The third-order valence-corrected chi connectivity index (χ3v) is 3.00. The molecule has 19 heavy (non-hydrogen) atoms. The number of aliphatic hydroxyl groups excluding tert-OH is 1. The van der Waals surface area contributed by atoms with Crippen LogP contribution in [0.25, 0.3) is 0 Å². The highest BCUT2D eigenvalue weighted by Crippen LogP contribution is 2.29. The van der Waals surface area contributed by atoms with Crippen molar-refractivity contribution in [3.63, 3.8) is 0 Å². The van der Waals surface area contributed by atoms with Gasteiger partial charge >= 0.3 is 6.18 Å². The second-order valence-electron chi connectivity index (χ2n) is 4.53. The van der Waals surface area contributed by atoms with Gasteiger partial charge in [0.2, 0.25) is 0 Å². The molecule has 2 atom stereocenters. The van der Waals surface area contributed by atoms with Gasteiger partial charge < -0.3 is 9.84 Å². The number of methoxy groups -OCH3 is 1. The molecule has 1 N–H and O–H groups in total. The largest absolute Gasteiger partial charge is 0.416 e. The summed E-state index contributed by atoms with van der Waals surface area (Å²) in [4.78, 5) is 0. The Hall–Kier alpha value is -1.07. The van der Waals surface area contributed by atoms with Crippen molar-refractivity contribution in [2.45, 2.75) is 44.6 Å². The average Bonchev–Trinajstić information content (AvgIpc) is 2.35. The SMILES string of the molecule is CCCC(OC)C(O)Cc1cccc(C(F)(F)F)c1. The summed E-state index contributed by atoms with van der Waals surface area (Å²) in [5.74, 6) is 0. The van der Waals surface area contributed by atoms with Crippen LogP contribution in [0.15, 0.2) is 24.3 Å². The first-order valence-corrected chi connectivity index (χ1v) is 6.25. The predicted molar refractivity (Wildman–Crippen MR) is 66.9 cm³/mol. The van der Waals surface area contributed by atoms with Gasteiger partial charge in [0.25, 0.3) is 0 Å².